The van der Waals surface area contributed by atoms with E-state index >= 15 is 0 Å². The Balaban J connectivity index is 3.01. The molecule has 2 aromatic rings. The SMILES string of the molecule is Cc1cc(C(=O)O)c2c(C)cc(=O)[nH]c2n1. The summed E-state index contributed by atoms with van der Waals surface area (Å²) in [5.41, 5.74) is 1.38. The zero-order valence-electron chi connectivity index (χ0n) is 8.87. The molecule has 0 saturated carbocycles. The largest absolute Gasteiger partial charge is 0.478 e. The molecule has 0 aromatic carbocycles. The van der Waals surface area contributed by atoms with Crippen LogP contribution in [0, 0.1) is 13.8 Å². The van der Waals surface area contributed by atoms with Crippen LogP contribution in [0.25, 0.3) is 11.0 Å². The monoisotopic (exact) mass is 218 g/mol. The first kappa shape index (κ1) is 10.4. The van der Waals surface area contributed by atoms with Gasteiger partial charge in [0.15, 0.2) is 0 Å². The van der Waals surface area contributed by atoms with E-state index in [0.29, 0.717) is 22.3 Å². The fourth-order valence-electron chi connectivity index (χ4n) is 1.75. The topological polar surface area (TPSA) is 83.0 Å². The van der Waals surface area contributed by atoms with Crippen molar-refractivity contribution >= 4 is 17.0 Å². The minimum atomic E-state index is -1.02. The molecular formula is C11H10N2O3. The number of fused-ring (bicyclic) bond motifs is 1. The Labute approximate surface area is 90.8 Å². The molecule has 0 bridgehead atoms. The Hall–Kier alpha value is -2.17. The molecule has 0 aliphatic rings. The van der Waals surface area contributed by atoms with Gasteiger partial charge in [-0.15, -0.1) is 0 Å². The van der Waals surface area contributed by atoms with Gasteiger partial charge in [-0.05, 0) is 25.5 Å². The van der Waals surface area contributed by atoms with Crippen LogP contribution < -0.4 is 5.56 Å². The molecule has 0 aliphatic carbocycles. The summed E-state index contributed by atoms with van der Waals surface area (Å²) < 4.78 is 0. The van der Waals surface area contributed by atoms with E-state index in [1.807, 2.05) is 0 Å². The van der Waals surface area contributed by atoms with Crippen LogP contribution in [0.1, 0.15) is 21.6 Å². The van der Waals surface area contributed by atoms with Gasteiger partial charge in [-0.2, -0.15) is 0 Å². The lowest BCUT2D eigenvalue weighted by Gasteiger charge is -2.06. The number of aromatic carboxylic acids is 1. The second kappa shape index (κ2) is 3.44. The summed E-state index contributed by atoms with van der Waals surface area (Å²) in [7, 11) is 0. The van der Waals surface area contributed by atoms with Gasteiger partial charge in [0.25, 0.3) is 0 Å². The number of aryl methyl sites for hydroxylation is 2. The Morgan fingerprint density at radius 1 is 1.38 bits per heavy atom. The van der Waals surface area contributed by atoms with Crippen molar-refractivity contribution in [3.8, 4) is 0 Å². The van der Waals surface area contributed by atoms with Crippen LogP contribution in [0.2, 0.25) is 0 Å². The number of carboxylic acids is 1. The minimum Gasteiger partial charge on any atom is -0.478 e. The smallest absolute Gasteiger partial charge is 0.336 e. The van der Waals surface area contributed by atoms with Gasteiger partial charge in [-0.25, -0.2) is 9.78 Å². The van der Waals surface area contributed by atoms with Crippen LogP contribution >= 0.6 is 0 Å². The van der Waals surface area contributed by atoms with Crippen LogP contribution in [0.5, 0.6) is 0 Å². The van der Waals surface area contributed by atoms with E-state index < -0.39 is 5.97 Å². The van der Waals surface area contributed by atoms with Gasteiger partial charge in [-0.1, -0.05) is 0 Å². The van der Waals surface area contributed by atoms with E-state index in [2.05, 4.69) is 9.97 Å². The fourth-order valence-corrected chi connectivity index (χ4v) is 1.75. The van der Waals surface area contributed by atoms with E-state index in [1.165, 1.54) is 12.1 Å². The quantitative estimate of drug-likeness (QED) is 0.754. The van der Waals surface area contributed by atoms with E-state index in [4.69, 9.17) is 5.11 Å². The number of aromatic amines is 1. The highest BCUT2D eigenvalue weighted by atomic mass is 16.4. The van der Waals surface area contributed by atoms with Crippen LogP contribution in [0.15, 0.2) is 16.9 Å². The molecule has 2 aromatic heterocycles. The van der Waals surface area contributed by atoms with Gasteiger partial charge in [0.1, 0.15) is 5.65 Å². The number of carbonyl (C=O) groups is 1. The summed E-state index contributed by atoms with van der Waals surface area (Å²) in [5, 5.41) is 9.57. The number of nitrogens with zero attached hydrogens (tertiary/aromatic N) is 1. The maximum absolute atomic E-state index is 11.3. The molecule has 0 amide bonds. The average molecular weight is 218 g/mol. The number of H-pyrrole nitrogens is 1. The summed E-state index contributed by atoms with van der Waals surface area (Å²) in [5.74, 6) is -1.02. The molecule has 2 heterocycles. The minimum absolute atomic E-state index is 0.163. The first-order valence-electron chi connectivity index (χ1n) is 4.73. The van der Waals surface area contributed by atoms with Crippen molar-refractivity contribution in [3.05, 3.63) is 39.3 Å². The van der Waals surface area contributed by atoms with Crippen molar-refractivity contribution in [1.29, 1.82) is 0 Å². The summed E-state index contributed by atoms with van der Waals surface area (Å²) in [6.45, 7) is 3.38. The van der Waals surface area contributed by atoms with Gasteiger partial charge in [0.05, 0.1) is 5.56 Å². The lowest BCUT2D eigenvalue weighted by Crippen LogP contribution is -2.10. The Morgan fingerprint density at radius 2 is 2.06 bits per heavy atom. The third-order valence-corrected chi connectivity index (χ3v) is 2.36. The Morgan fingerprint density at radius 3 is 2.69 bits per heavy atom. The Bertz CT molecular complexity index is 643. The van der Waals surface area contributed by atoms with Gasteiger partial charge in [0.2, 0.25) is 5.56 Å². The molecule has 5 nitrogen and oxygen atoms in total. The van der Waals surface area contributed by atoms with Crippen LogP contribution in [0.4, 0.5) is 0 Å². The fraction of sp³-hybridized carbons (Fsp3) is 0.182. The Kier molecular flexibility index (Phi) is 2.23. The molecule has 2 rings (SSSR count). The van der Waals surface area contributed by atoms with Crippen molar-refractivity contribution < 1.29 is 9.90 Å². The molecule has 16 heavy (non-hydrogen) atoms. The van der Waals surface area contributed by atoms with E-state index in [-0.39, 0.29) is 11.1 Å². The first-order chi connectivity index (χ1) is 7.49. The van der Waals surface area contributed by atoms with Crippen molar-refractivity contribution in [2.75, 3.05) is 0 Å². The molecule has 0 fully saturated rings. The zero-order valence-corrected chi connectivity index (χ0v) is 8.87. The molecule has 0 spiro atoms. The third kappa shape index (κ3) is 1.56. The number of aromatic nitrogens is 2. The number of nitrogens with one attached hydrogen (secondary N) is 1. The first-order valence-corrected chi connectivity index (χ1v) is 4.73. The molecule has 2 N–H and O–H groups in total. The van der Waals surface area contributed by atoms with Gasteiger partial charge in [-0.3, -0.25) is 4.79 Å². The predicted molar refractivity (Wildman–Crippen MR) is 58.8 cm³/mol. The number of hydrogen-bond acceptors (Lipinski definition) is 3. The van der Waals surface area contributed by atoms with E-state index in [9.17, 15) is 9.59 Å². The molecule has 0 unspecified atom stereocenters. The molecule has 82 valence electrons. The third-order valence-electron chi connectivity index (χ3n) is 2.36. The van der Waals surface area contributed by atoms with Gasteiger partial charge >= 0.3 is 5.97 Å². The lowest BCUT2D eigenvalue weighted by molar-refractivity contribution is 0.0698. The molecule has 0 aliphatic heterocycles. The maximum Gasteiger partial charge on any atom is 0.336 e. The van der Waals surface area contributed by atoms with Crippen molar-refractivity contribution in [1.82, 2.24) is 9.97 Å². The highest BCUT2D eigenvalue weighted by Crippen LogP contribution is 2.19. The number of rotatable bonds is 1. The van der Waals surface area contributed by atoms with Crippen LogP contribution in [-0.2, 0) is 0 Å². The summed E-state index contributed by atoms with van der Waals surface area (Å²) in [6.07, 6.45) is 0. The maximum atomic E-state index is 11.3. The van der Waals surface area contributed by atoms with E-state index in [1.54, 1.807) is 13.8 Å². The zero-order chi connectivity index (χ0) is 11.9. The summed E-state index contributed by atoms with van der Waals surface area (Å²) in [6, 6.07) is 2.86. The molecule has 5 heteroatoms. The van der Waals surface area contributed by atoms with Crippen molar-refractivity contribution in [2.45, 2.75) is 13.8 Å². The molecule has 0 radical (unpaired) electrons. The van der Waals surface area contributed by atoms with Gasteiger partial charge < -0.3 is 10.1 Å². The summed E-state index contributed by atoms with van der Waals surface area (Å²) >= 11 is 0. The van der Waals surface area contributed by atoms with Crippen molar-refractivity contribution in [3.63, 3.8) is 0 Å². The number of carboxylic acid groups (broad SMARTS) is 1. The highest BCUT2D eigenvalue weighted by molar-refractivity contribution is 6.02. The second-order valence-electron chi connectivity index (χ2n) is 3.66. The van der Waals surface area contributed by atoms with E-state index in [0.717, 1.165) is 0 Å². The normalized spacial score (nSPS) is 10.6. The molecule has 0 atom stereocenters. The van der Waals surface area contributed by atoms with Crippen LogP contribution in [0.3, 0.4) is 0 Å². The average Bonchev–Trinajstić information content (AvgIpc) is 2.14. The van der Waals surface area contributed by atoms with Crippen molar-refractivity contribution in [2.24, 2.45) is 0 Å². The molecule has 0 saturated heterocycles. The number of pyridine rings is 2. The van der Waals surface area contributed by atoms with Crippen LogP contribution in [-0.4, -0.2) is 21.0 Å². The number of hydrogen-bond donors (Lipinski definition) is 2. The highest BCUT2D eigenvalue weighted by Gasteiger charge is 2.13. The summed E-state index contributed by atoms with van der Waals surface area (Å²) in [4.78, 5) is 29.0. The van der Waals surface area contributed by atoms with Gasteiger partial charge in [0, 0.05) is 17.1 Å². The second-order valence-corrected chi connectivity index (χ2v) is 3.66. The predicted octanol–water partition coefficient (Wildman–Crippen LogP) is 1.24. The standard InChI is InChI=1S/C11H10N2O3/c1-5-3-8(14)13-10-9(5)7(11(15)16)4-6(2)12-10/h3-4H,1-2H3,(H,15,16)(H,12,13,14). The molecular weight excluding hydrogens is 208 g/mol. The lowest BCUT2D eigenvalue weighted by atomic mass is 10.1.